The van der Waals surface area contributed by atoms with E-state index in [2.05, 4.69) is 31.4 Å². The van der Waals surface area contributed by atoms with E-state index in [1.54, 1.807) is 17.8 Å². The molecule has 0 aliphatic carbocycles. The third-order valence-electron chi connectivity index (χ3n) is 6.28. The van der Waals surface area contributed by atoms with Gasteiger partial charge in [-0.05, 0) is 38.0 Å². The minimum absolute atomic E-state index is 0.107. The van der Waals surface area contributed by atoms with E-state index in [4.69, 9.17) is 10.5 Å². The van der Waals surface area contributed by atoms with Crippen LogP contribution in [0.25, 0.3) is 11.3 Å². The normalized spacial score (nSPS) is 20.4. The molecule has 0 saturated carbocycles. The number of benzene rings is 1. The van der Waals surface area contributed by atoms with Crippen molar-refractivity contribution < 1.29 is 9.13 Å². The van der Waals surface area contributed by atoms with Gasteiger partial charge in [0.05, 0.1) is 29.3 Å². The van der Waals surface area contributed by atoms with Crippen LogP contribution in [0.15, 0.2) is 24.4 Å². The number of rotatable bonds is 1. The number of nitrogens with one attached hydrogen (secondary N) is 1. The molecule has 0 amide bonds. The van der Waals surface area contributed by atoms with Gasteiger partial charge >= 0.3 is 0 Å². The summed E-state index contributed by atoms with van der Waals surface area (Å²) in [6.07, 6.45) is 3.63. The maximum Gasteiger partial charge on any atom is 0.258 e. The molecule has 2 aliphatic rings. The quantitative estimate of drug-likeness (QED) is 0.583. The van der Waals surface area contributed by atoms with E-state index in [1.807, 2.05) is 6.92 Å². The van der Waals surface area contributed by atoms with Crippen molar-refractivity contribution in [3.63, 3.8) is 0 Å². The molecule has 2 unspecified atom stereocenters. The van der Waals surface area contributed by atoms with Gasteiger partial charge in [0, 0.05) is 37.8 Å². The van der Waals surface area contributed by atoms with Crippen molar-refractivity contribution >= 4 is 11.5 Å². The van der Waals surface area contributed by atoms with Crippen LogP contribution in [0.2, 0.25) is 0 Å². The molecule has 10 heteroatoms. The predicted octanol–water partition coefficient (Wildman–Crippen LogP) is 3.00. The summed E-state index contributed by atoms with van der Waals surface area (Å²) < 4.78 is 21.8. The van der Waals surface area contributed by atoms with Crippen LogP contribution in [0.5, 0.6) is 5.88 Å². The lowest BCUT2D eigenvalue weighted by Crippen LogP contribution is -2.41. The monoisotopic (exact) mass is 448 g/mol. The summed E-state index contributed by atoms with van der Waals surface area (Å²) in [6.45, 7) is 3.71. The van der Waals surface area contributed by atoms with Crippen LogP contribution < -0.4 is 15.8 Å². The van der Waals surface area contributed by atoms with E-state index in [9.17, 15) is 9.65 Å². The van der Waals surface area contributed by atoms with Crippen LogP contribution in [0.3, 0.4) is 0 Å². The standard InChI is InChI=1S/C23H25FN8O/c1-13-15-9-14(24)5-6-16(15)28-20(32-7-3-4-8-32)10-17-21(19(11-25)31(2)30-17)18-12-27-22(26)23(29-18)33-13/h5-6,9,12-13,20,28H,3-4,7-8,10H2,1-2H3,(H2,26,27). The summed E-state index contributed by atoms with van der Waals surface area (Å²) in [6, 6.07) is 6.86. The first-order chi connectivity index (χ1) is 15.9. The van der Waals surface area contributed by atoms with Crippen molar-refractivity contribution in [2.45, 2.75) is 38.5 Å². The van der Waals surface area contributed by atoms with Gasteiger partial charge in [0.15, 0.2) is 5.82 Å². The average molecular weight is 449 g/mol. The Balaban J connectivity index is 1.72. The number of halogens is 1. The van der Waals surface area contributed by atoms with E-state index in [0.717, 1.165) is 37.3 Å². The molecule has 1 fully saturated rings. The molecule has 170 valence electrons. The number of nitrogen functional groups attached to an aromatic ring is 1. The number of anilines is 2. The highest BCUT2D eigenvalue weighted by Crippen LogP contribution is 2.35. The van der Waals surface area contributed by atoms with E-state index < -0.39 is 6.10 Å². The Morgan fingerprint density at radius 3 is 2.85 bits per heavy atom. The second kappa shape index (κ2) is 8.33. The Morgan fingerprint density at radius 2 is 2.09 bits per heavy atom. The van der Waals surface area contributed by atoms with Gasteiger partial charge in [-0.3, -0.25) is 9.58 Å². The summed E-state index contributed by atoms with van der Waals surface area (Å²) in [5.74, 6) is -0.104. The van der Waals surface area contributed by atoms with Crippen LogP contribution in [-0.4, -0.2) is 43.9 Å². The van der Waals surface area contributed by atoms with E-state index in [-0.39, 0.29) is 23.7 Å². The van der Waals surface area contributed by atoms with Crippen LogP contribution in [0, 0.1) is 17.1 Å². The number of hydrogen-bond donors (Lipinski definition) is 2. The zero-order valence-corrected chi connectivity index (χ0v) is 18.5. The Hall–Kier alpha value is -3.71. The number of hydrogen-bond acceptors (Lipinski definition) is 8. The zero-order chi connectivity index (χ0) is 23.1. The molecule has 2 aliphatic heterocycles. The number of ether oxygens (including phenoxy) is 1. The molecule has 0 spiro atoms. The molecule has 2 aromatic heterocycles. The zero-order valence-electron chi connectivity index (χ0n) is 18.5. The highest BCUT2D eigenvalue weighted by molar-refractivity contribution is 5.69. The average Bonchev–Trinajstić information content (AvgIpc) is 3.43. The second-order valence-corrected chi connectivity index (χ2v) is 8.45. The number of nitriles is 1. The van der Waals surface area contributed by atoms with E-state index >= 15 is 0 Å². The second-order valence-electron chi connectivity index (χ2n) is 8.45. The van der Waals surface area contributed by atoms with Gasteiger partial charge in [-0.15, -0.1) is 0 Å². The Labute approximate surface area is 191 Å². The molecule has 3 N–H and O–H groups in total. The molecule has 2 atom stereocenters. The highest BCUT2D eigenvalue weighted by Gasteiger charge is 2.29. The first-order valence-corrected chi connectivity index (χ1v) is 11.0. The smallest absolute Gasteiger partial charge is 0.258 e. The molecule has 2 bridgehead atoms. The molecule has 4 heterocycles. The summed E-state index contributed by atoms with van der Waals surface area (Å²) >= 11 is 0. The van der Waals surface area contributed by atoms with Crippen LogP contribution in [0.1, 0.15) is 42.8 Å². The van der Waals surface area contributed by atoms with Crippen molar-refractivity contribution in [2.24, 2.45) is 7.05 Å². The fraction of sp³-hybridized carbons (Fsp3) is 0.391. The minimum atomic E-state index is -0.544. The van der Waals surface area contributed by atoms with Gasteiger partial charge in [0.25, 0.3) is 5.88 Å². The third-order valence-corrected chi connectivity index (χ3v) is 6.28. The lowest BCUT2D eigenvalue weighted by molar-refractivity contribution is 0.217. The molecule has 1 saturated heterocycles. The first kappa shape index (κ1) is 21.2. The number of likely N-dealkylation sites (tertiary alicyclic amines) is 1. The third kappa shape index (κ3) is 3.85. The lowest BCUT2D eigenvalue weighted by Gasteiger charge is -2.31. The van der Waals surface area contributed by atoms with Crippen molar-refractivity contribution in [3.8, 4) is 23.2 Å². The maximum atomic E-state index is 14.2. The summed E-state index contributed by atoms with van der Waals surface area (Å²) in [5, 5.41) is 18.1. The van der Waals surface area contributed by atoms with E-state index in [0.29, 0.717) is 28.9 Å². The van der Waals surface area contributed by atoms with Crippen molar-refractivity contribution in [2.75, 3.05) is 24.1 Å². The summed E-state index contributed by atoms with van der Waals surface area (Å²) in [5.41, 5.74) is 9.67. The minimum Gasteiger partial charge on any atom is -0.467 e. The number of nitrogens with two attached hydrogens (primary N) is 1. The largest absolute Gasteiger partial charge is 0.467 e. The van der Waals surface area contributed by atoms with Gasteiger partial charge in [-0.25, -0.2) is 14.4 Å². The Bertz CT molecular complexity index is 1240. The van der Waals surface area contributed by atoms with Gasteiger partial charge in [-0.1, -0.05) is 0 Å². The van der Waals surface area contributed by atoms with Crippen LogP contribution >= 0.6 is 0 Å². The maximum absolute atomic E-state index is 14.2. The predicted molar refractivity (Wildman–Crippen MR) is 121 cm³/mol. The molecule has 9 nitrogen and oxygen atoms in total. The van der Waals surface area contributed by atoms with Crippen molar-refractivity contribution in [1.29, 1.82) is 5.26 Å². The lowest BCUT2D eigenvalue weighted by atomic mass is 10.0. The Morgan fingerprint density at radius 1 is 1.30 bits per heavy atom. The number of fused-ring (bicyclic) bond motifs is 5. The number of nitrogens with zero attached hydrogens (tertiary/aromatic N) is 6. The fourth-order valence-electron chi connectivity index (χ4n) is 4.63. The van der Waals surface area contributed by atoms with Crippen molar-refractivity contribution in [3.05, 3.63) is 47.2 Å². The number of aromatic nitrogens is 4. The van der Waals surface area contributed by atoms with Gasteiger partial charge in [-0.2, -0.15) is 10.4 Å². The SMILES string of the molecule is CC1Oc2nc(cnc2N)-c2c(nn(C)c2C#N)CC(N2CCCC2)Nc2ccc(F)cc21. The van der Waals surface area contributed by atoms with E-state index in [1.165, 1.54) is 18.3 Å². The molecule has 33 heavy (non-hydrogen) atoms. The topological polar surface area (TPSA) is 118 Å². The van der Waals surface area contributed by atoms with Crippen molar-refractivity contribution in [1.82, 2.24) is 24.6 Å². The first-order valence-electron chi connectivity index (χ1n) is 11.0. The molecule has 3 aromatic rings. The fourth-order valence-corrected chi connectivity index (χ4v) is 4.63. The Kier molecular flexibility index (Phi) is 5.34. The van der Waals surface area contributed by atoms with Crippen LogP contribution in [0.4, 0.5) is 15.9 Å². The highest BCUT2D eigenvalue weighted by atomic mass is 19.1. The van der Waals surface area contributed by atoms with Gasteiger partial charge in [0.1, 0.15) is 23.7 Å². The van der Waals surface area contributed by atoms with Crippen LogP contribution in [-0.2, 0) is 13.5 Å². The molecule has 1 aromatic carbocycles. The molecule has 5 rings (SSSR count). The molecule has 0 radical (unpaired) electrons. The number of aryl methyl sites for hydroxylation is 1. The van der Waals surface area contributed by atoms with Gasteiger partial charge in [0.2, 0.25) is 0 Å². The molecular formula is C23H25FN8O. The molecular weight excluding hydrogens is 423 g/mol. The summed E-state index contributed by atoms with van der Waals surface area (Å²) in [4.78, 5) is 11.2. The van der Waals surface area contributed by atoms with Gasteiger partial charge < -0.3 is 15.8 Å². The summed E-state index contributed by atoms with van der Waals surface area (Å²) in [7, 11) is 1.74.